The molecule has 1 aliphatic rings. The highest BCUT2D eigenvalue weighted by molar-refractivity contribution is 5.73. The number of nitrogens with one attached hydrogen (secondary N) is 1. The first kappa shape index (κ1) is 19.4. The van der Waals surface area contributed by atoms with Crippen LogP contribution in [0.4, 0.5) is 13.2 Å². The van der Waals surface area contributed by atoms with Crippen LogP contribution in [0.25, 0.3) is 0 Å². The molecule has 3 rings (SSSR count). The predicted molar refractivity (Wildman–Crippen MR) is 97.5 cm³/mol. The average molecular weight is 376 g/mol. The van der Waals surface area contributed by atoms with Crippen molar-refractivity contribution in [1.82, 2.24) is 10.2 Å². The Morgan fingerprint density at radius 3 is 2.48 bits per heavy atom. The van der Waals surface area contributed by atoms with Gasteiger partial charge in [-0.2, -0.15) is 0 Å². The lowest BCUT2D eigenvalue weighted by atomic mass is 9.90. The first-order chi connectivity index (χ1) is 12.9. The molecule has 0 spiro atoms. The van der Waals surface area contributed by atoms with Crippen LogP contribution in [0.1, 0.15) is 30.9 Å². The lowest BCUT2D eigenvalue weighted by Gasteiger charge is -2.41. The number of nitrogens with zero attached hydrogens (tertiary/aromatic N) is 1. The van der Waals surface area contributed by atoms with E-state index in [0.717, 1.165) is 24.5 Å². The lowest BCUT2D eigenvalue weighted by molar-refractivity contribution is -0.133. The van der Waals surface area contributed by atoms with Crippen molar-refractivity contribution in [3.8, 4) is 0 Å². The fourth-order valence-corrected chi connectivity index (χ4v) is 3.71. The zero-order chi connectivity index (χ0) is 19.4. The number of carbonyl (C=O) groups excluding carboxylic acids is 1. The van der Waals surface area contributed by atoms with Crippen molar-refractivity contribution in [2.45, 2.75) is 44.8 Å². The van der Waals surface area contributed by atoms with E-state index in [0.29, 0.717) is 18.5 Å². The smallest absolute Gasteiger partial charge is 0.219 e. The Morgan fingerprint density at radius 2 is 1.81 bits per heavy atom. The van der Waals surface area contributed by atoms with Gasteiger partial charge in [-0.15, -0.1) is 0 Å². The largest absolute Gasteiger partial charge is 0.338 e. The first-order valence-electron chi connectivity index (χ1n) is 9.13. The van der Waals surface area contributed by atoms with E-state index < -0.39 is 11.6 Å². The minimum Gasteiger partial charge on any atom is -0.338 e. The van der Waals surface area contributed by atoms with E-state index in [-0.39, 0.29) is 30.4 Å². The minimum atomic E-state index is -0.606. The van der Waals surface area contributed by atoms with Gasteiger partial charge < -0.3 is 10.2 Å². The summed E-state index contributed by atoms with van der Waals surface area (Å²) in [6.07, 6.45) is 2.28. The first-order valence-corrected chi connectivity index (χ1v) is 9.13. The molecule has 0 radical (unpaired) electrons. The number of carbonyl (C=O) groups is 1. The summed E-state index contributed by atoms with van der Waals surface area (Å²) in [7, 11) is 0. The van der Waals surface area contributed by atoms with Crippen LogP contribution in [0.2, 0.25) is 0 Å². The van der Waals surface area contributed by atoms with Crippen molar-refractivity contribution in [3.05, 3.63) is 71.0 Å². The summed E-state index contributed by atoms with van der Waals surface area (Å²) in [5, 5.41) is 3.33. The molecule has 1 saturated heterocycles. The highest BCUT2D eigenvalue weighted by Gasteiger charge is 2.32. The number of amides is 1. The molecule has 1 heterocycles. The molecule has 0 unspecified atom stereocenters. The van der Waals surface area contributed by atoms with Gasteiger partial charge in [0.05, 0.1) is 6.04 Å². The molecule has 144 valence electrons. The van der Waals surface area contributed by atoms with E-state index in [9.17, 15) is 18.0 Å². The van der Waals surface area contributed by atoms with Crippen molar-refractivity contribution in [2.24, 2.45) is 0 Å². The molecule has 0 aromatic heterocycles. The summed E-state index contributed by atoms with van der Waals surface area (Å²) in [5.74, 6) is -1.50. The molecule has 1 fully saturated rings. The SMILES string of the molecule is CC(=O)N1CCC[C@H](NCc2ccc(F)cc2F)[C@@H]1Cc1ccc(F)cc1. The Hall–Kier alpha value is -2.34. The second-order valence-corrected chi connectivity index (χ2v) is 6.98. The van der Waals surface area contributed by atoms with E-state index in [1.807, 2.05) is 4.90 Å². The third-order valence-corrected chi connectivity index (χ3v) is 5.11. The molecule has 2 aromatic carbocycles. The molecule has 2 atom stereocenters. The molecule has 3 nitrogen and oxygen atoms in total. The van der Waals surface area contributed by atoms with Crippen LogP contribution in [0, 0.1) is 17.5 Å². The van der Waals surface area contributed by atoms with Crippen molar-refractivity contribution in [3.63, 3.8) is 0 Å². The molecular weight excluding hydrogens is 353 g/mol. The zero-order valence-corrected chi connectivity index (χ0v) is 15.2. The standard InChI is InChI=1S/C21H23F3N2O/c1-14(27)26-10-2-3-20(21(26)11-15-4-7-17(22)8-5-15)25-13-16-6-9-18(23)12-19(16)24/h4-9,12,20-21,25H,2-3,10-11,13H2,1H3/t20-,21-/m0/s1. The Kier molecular flexibility index (Phi) is 6.16. The normalized spacial score (nSPS) is 19.9. The van der Waals surface area contributed by atoms with E-state index in [1.165, 1.54) is 24.3 Å². The van der Waals surface area contributed by atoms with E-state index in [1.54, 1.807) is 19.1 Å². The fourth-order valence-electron chi connectivity index (χ4n) is 3.71. The summed E-state index contributed by atoms with van der Waals surface area (Å²) in [6.45, 7) is 2.46. The maximum Gasteiger partial charge on any atom is 0.219 e. The number of halogens is 3. The number of likely N-dealkylation sites (tertiary alicyclic amines) is 1. The molecule has 1 N–H and O–H groups in total. The Balaban J connectivity index is 1.75. The maximum atomic E-state index is 13.9. The van der Waals surface area contributed by atoms with Gasteiger partial charge in [0.2, 0.25) is 5.91 Å². The van der Waals surface area contributed by atoms with Crippen LogP contribution in [-0.4, -0.2) is 29.4 Å². The summed E-state index contributed by atoms with van der Waals surface area (Å²) < 4.78 is 40.2. The van der Waals surface area contributed by atoms with Gasteiger partial charge in [0.25, 0.3) is 0 Å². The molecule has 1 amide bonds. The number of rotatable bonds is 5. The van der Waals surface area contributed by atoms with E-state index in [2.05, 4.69) is 5.32 Å². The molecule has 27 heavy (non-hydrogen) atoms. The molecular formula is C21H23F3N2O. The number of hydrogen-bond donors (Lipinski definition) is 1. The van der Waals surface area contributed by atoms with Crippen LogP contribution < -0.4 is 5.32 Å². The van der Waals surface area contributed by atoms with Crippen molar-refractivity contribution < 1.29 is 18.0 Å². The van der Waals surface area contributed by atoms with Gasteiger partial charge >= 0.3 is 0 Å². The molecule has 0 aliphatic carbocycles. The van der Waals surface area contributed by atoms with E-state index in [4.69, 9.17) is 0 Å². The van der Waals surface area contributed by atoms with Gasteiger partial charge in [0.1, 0.15) is 17.5 Å². The molecule has 2 aromatic rings. The second kappa shape index (κ2) is 8.57. The van der Waals surface area contributed by atoms with Crippen LogP contribution in [-0.2, 0) is 17.8 Å². The van der Waals surface area contributed by atoms with Crippen molar-refractivity contribution >= 4 is 5.91 Å². The summed E-state index contributed by atoms with van der Waals surface area (Å²) in [4.78, 5) is 13.9. The quantitative estimate of drug-likeness (QED) is 0.861. The van der Waals surface area contributed by atoms with Crippen LogP contribution in [0.5, 0.6) is 0 Å². The van der Waals surface area contributed by atoms with Gasteiger partial charge in [-0.1, -0.05) is 18.2 Å². The molecule has 0 bridgehead atoms. The molecule has 0 saturated carbocycles. The van der Waals surface area contributed by atoms with Gasteiger partial charge in [0.15, 0.2) is 0 Å². The zero-order valence-electron chi connectivity index (χ0n) is 15.2. The third kappa shape index (κ3) is 4.89. The maximum absolute atomic E-state index is 13.9. The number of hydrogen-bond acceptors (Lipinski definition) is 2. The number of benzene rings is 2. The minimum absolute atomic E-state index is 0.0124. The van der Waals surface area contributed by atoms with Crippen molar-refractivity contribution in [1.29, 1.82) is 0 Å². The Morgan fingerprint density at radius 1 is 1.11 bits per heavy atom. The Labute approximate surface area is 157 Å². The van der Waals surface area contributed by atoms with Crippen LogP contribution in [0.3, 0.4) is 0 Å². The fraction of sp³-hybridized carbons (Fsp3) is 0.381. The number of piperidine rings is 1. The summed E-state index contributed by atoms with van der Waals surface area (Å²) in [6, 6.07) is 9.66. The third-order valence-electron chi connectivity index (χ3n) is 5.11. The monoisotopic (exact) mass is 376 g/mol. The second-order valence-electron chi connectivity index (χ2n) is 6.98. The highest BCUT2D eigenvalue weighted by Crippen LogP contribution is 2.23. The topological polar surface area (TPSA) is 32.3 Å². The van der Waals surface area contributed by atoms with Crippen LogP contribution in [0.15, 0.2) is 42.5 Å². The summed E-state index contributed by atoms with van der Waals surface area (Å²) in [5.41, 5.74) is 1.33. The Bertz CT molecular complexity index is 795. The molecule has 6 heteroatoms. The lowest BCUT2D eigenvalue weighted by Crippen LogP contribution is -2.56. The van der Waals surface area contributed by atoms with Crippen molar-refractivity contribution in [2.75, 3.05) is 6.54 Å². The average Bonchev–Trinajstić information content (AvgIpc) is 2.63. The van der Waals surface area contributed by atoms with Gasteiger partial charge in [0, 0.05) is 37.7 Å². The predicted octanol–water partition coefficient (Wildman–Crippen LogP) is 3.82. The van der Waals surface area contributed by atoms with Gasteiger partial charge in [-0.3, -0.25) is 4.79 Å². The summed E-state index contributed by atoms with van der Waals surface area (Å²) >= 11 is 0. The van der Waals surface area contributed by atoms with Crippen LogP contribution >= 0.6 is 0 Å². The van der Waals surface area contributed by atoms with Gasteiger partial charge in [-0.25, -0.2) is 13.2 Å². The molecule has 1 aliphatic heterocycles. The van der Waals surface area contributed by atoms with Gasteiger partial charge in [-0.05, 0) is 43.0 Å². The van der Waals surface area contributed by atoms with E-state index >= 15 is 0 Å². The highest BCUT2D eigenvalue weighted by atomic mass is 19.1.